The molecular weight excluding hydrogens is 266 g/mol. The molecule has 0 spiro atoms. The van der Waals surface area contributed by atoms with E-state index in [0.717, 1.165) is 29.5 Å². The summed E-state index contributed by atoms with van der Waals surface area (Å²) in [6.45, 7) is 4.27. The van der Waals surface area contributed by atoms with Gasteiger partial charge in [0.15, 0.2) is 0 Å². The topological polar surface area (TPSA) is 35.2 Å². The van der Waals surface area contributed by atoms with Gasteiger partial charge in [0.2, 0.25) is 0 Å². The molecule has 0 aromatic heterocycles. The quantitative estimate of drug-likeness (QED) is 0.925. The highest BCUT2D eigenvalue weighted by Crippen LogP contribution is 2.41. The number of aryl methyl sites for hydroxylation is 1. The van der Waals surface area contributed by atoms with Crippen LogP contribution in [0.5, 0.6) is 5.75 Å². The molecule has 0 heterocycles. The van der Waals surface area contributed by atoms with Crippen LogP contribution >= 0.6 is 15.9 Å². The second-order valence-electron chi connectivity index (χ2n) is 4.85. The Labute approximate surface area is 105 Å². The zero-order chi connectivity index (χ0) is 11.9. The molecule has 0 unspecified atom stereocenters. The standard InChI is InChI=1S/C13H18BrNO/c1-8-6-11(14)12(16-3)10(9(8)2)7-13(15)4-5-13/h6H,4-5,7,15H2,1-3H3. The van der Waals surface area contributed by atoms with E-state index in [9.17, 15) is 0 Å². The van der Waals surface area contributed by atoms with Crippen molar-refractivity contribution in [2.75, 3.05) is 7.11 Å². The number of benzene rings is 1. The van der Waals surface area contributed by atoms with Gasteiger partial charge in [0.25, 0.3) is 0 Å². The Morgan fingerprint density at radius 1 is 1.44 bits per heavy atom. The predicted molar refractivity (Wildman–Crippen MR) is 70.0 cm³/mol. The third-order valence-corrected chi connectivity index (χ3v) is 4.09. The summed E-state index contributed by atoms with van der Waals surface area (Å²) in [7, 11) is 1.72. The van der Waals surface area contributed by atoms with E-state index in [-0.39, 0.29) is 5.54 Å². The van der Waals surface area contributed by atoms with Gasteiger partial charge in [0.05, 0.1) is 11.6 Å². The molecule has 1 aromatic rings. The summed E-state index contributed by atoms with van der Waals surface area (Å²) in [6, 6.07) is 2.10. The summed E-state index contributed by atoms with van der Waals surface area (Å²) in [5.41, 5.74) is 10.1. The molecule has 0 bridgehead atoms. The average Bonchev–Trinajstić information content (AvgIpc) is 2.93. The lowest BCUT2D eigenvalue weighted by Crippen LogP contribution is -2.25. The lowest BCUT2D eigenvalue weighted by atomic mass is 9.96. The van der Waals surface area contributed by atoms with Gasteiger partial charge >= 0.3 is 0 Å². The number of nitrogens with two attached hydrogens (primary N) is 1. The maximum Gasteiger partial charge on any atom is 0.136 e. The Morgan fingerprint density at radius 2 is 2.06 bits per heavy atom. The van der Waals surface area contributed by atoms with Gasteiger partial charge in [0.1, 0.15) is 5.75 Å². The number of halogens is 1. The van der Waals surface area contributed by atoms with Gasteiger partial charge in [-0.25, -0.2) is 0 Å². The Morgan fingerprint density at radius 3 is 2.56 bits per heavy atom. The lowest BCUT2D eigenvalue weighted by Gasteiger charge is -2.18. The summed E-state index contributed by atoms with van der Waals surface area (Å²) >= 11 is 3.55. The number of ether oxygens (including phenoxy) is 1. The van der Waals surface area contributed by atoms with Crippen molar-refractivity contribution in [2.45, 2.75) is 38.6 Å². The second-order valence-corrected chi connectivity index (χ2v) is 5.71. The predicted octanol–water partition coefficient (Wildman–Crippen LogP) is 3.11. The normalized spacial score (nSPS) is 17.3. The van der Waals surface area contributed by atoms with Crippen LogP contribution in [0.3, 0.4) is 0 Å². The first-order valence-corrected chi connectivity index (χ1v) is 6.37. The first-order valence-electron chi connectivity index (χ1n) is 5.58. The van der Waals surface area contributed by atoms with E-state index in [0.29, 0.717) is 0 Å². The van der Waals surface area contributed by atoms with Crippen molar-refractivity contribution in [2.24, 2.45) is 5.73 Å². The molecule has 2 nitrogen and oxygen atoms in total. The van der Waals surface area contributed by atoms with Crippen molar-refractivity contribution in [3.8, 4) is 5.75 Å². The maximum absolute atomic E-state index is 6.20. The van der Waals surface area contributed by atoms with Gasteiger partial charge in [-0.3, -0.25) is 0 Å². The van der Waals surface area contributed by atoms with Crippen LogP contribution in [0.25, 0.3) is 0 Å². The Kier molecular flexibility index (Phi) is 3.01. The summed E-state index contributed by atoms with van der Waals surface area (Å²) in [6.07, 6.45) is 3.17. The van der Waals surface area contributed by atoms with Crippen molar-refractivity contribution in [1.82, 2.24) is 0 Å². The van der Waals surface area contributed by atoms with Crippen LogP contribution in [0, 0.1) is 13.8 Å². The molecule has 3 heteroatoms. The summed E-state index contributed by atoms with van der Waals surface area (Å²) < 4.78 is 6.51. The molecular formula is C13H18BrNO. The van der Waals surface area contributed by atoms with Crippen molar-refractivity contribution >= 4 is 15.9 Å². The molecule has 16 heavy (non-hydrogen) atoms. The summed E-state index contributed by atoms with van der Waals surface area (Å²) in [4.78, 5) is 0. The van der Waals surface area contributed by atoms with Crippen LogP contribution < -0.4 is 10.5 Å². The largest absolute Gasteiger partial charge is 0.495 e. The van der Waals surface area contributed by atoms with E-state index in [2.05, 4.69) is 35.8 Å². The minimum absolute atomic E-state index is 0.0191. The molecule has 1 aliphatic carbocycles. The Bertz CT molecular complexity index is 424. The van der Waals surface area contributed by atoms with Crippen LogP contribution in [0.2, 0.25) is 0 Å². The van der Waals surface area contributed by atoms with Crippen LogP contribution in [-0.4, -0.2) is 12.6 Å². The Balaban J connectivity index is 2.47. The van der Waals surface area contributed by atoms with Gasteiger partial charge in [-0.1, -0.05) is 0 Å². The fourth-order valence-electron chi connectivity index (χ4n) is 2.04. The molecule has 1 fully saturated rings. The summed E-state index contributed by atoms with van der Waals surface area (Å²) in [5, 5.41) is 0. The molecule has 88 valence electrons. The average molecular weight is 284 g/mol. The molecule has 0 amide bonds. The molecule has 2 N–H and O–H groups in total. The summed E-state index contributed by atoms with van der Waals surface area (Å²) in [5.74, 6) is 0.944. The third-order valence-electron chi connectivity index (χ3n) is 3.50. The van der Waals surface area contributed by atoms with Crippen LogP contribution in [0.15, 0.2) is 10.5 Å². The molecule has 1 saturated carbocycles. The van der Waals surface area contributed by atoms with Crippen LogP contribution in [-0.2, 0) is 6.42 Å². The first-order chi connectivity index (χ1) is 7.47. The smallest absolute Gasteiger partial charge is 0.136 e. The minimum Gasteiger partial charge on any atom is -0.495 e. The zero-order valence-corrected chi connectivity index (χ0v) is 11.6. The molecule has 0 atom stereocenters. The number of methoxy groups -OCH3 is 1. The number of rotatable bonds is 3. The highest BCUT2D eigenvalue weighted by Gasteiger charge is 2.39. The fourth-order valence-corrected chi connectivity index (χ4v) is 2.78. The monoisotopic (exact) mass is 283 g/mol. The number of hydrogen-bond acceptors (Lipinski definition) is 2. The maximum atomic E-state index is 6.20. The lowest BCUT2D eigenvalue weighted by molar-refractivity contribution is 0.404. The second kappa shape index (κ2) is 4.04. The van der Waals surface area contributed by atoms with Gasteiger partial charge < -0.3 is 10.5 Å². The first kappa shape index (κ1) is 11.9. The van der Waals surface area contributed by atoms with Gasteiger partial charge in [-0.15, -0.1) is 0 Å². The minimum atomic E-state index is 0.0191. The van der Waals surface area contributed by atoms with Crippen LogP contribution in [0.4, 0.5) is 0 Å². The molecule has 0 saturated heterocycles. The zero-order valence-electron chi connectivity index (χ0n) is 10.1. The third kappa shape index (κ3) is 2.11. The highest BCUT2D eigenvalue weighted by atomic mass is 79.9. The van der Waals surface area contributed by atoms with Gasteiger partial charge in [-0.2, -0.15) is 0 Å². The SMILES string of the molecule is COc1c(Br)cc(C)c(C)c1CC1(N)CC1. The molecule has 0 aliphatic heterocycles. The highest BCUT2D eigenvalue weighted by molar-refractivity contribution is 9.10. The fraction of sp³-hybridized carbons (Fsp3) is 0.538. The van der Waals surface area contributed by atoms with E-state index in [1.165, 1.54) is 16.7 Å². The van der Waals surface area contributed by atoms with Gasteiger partial charge in [-0.05, 0) is 66.2 Å². The van der Waals surface area contributed by atoms with E-state index in [1.807, 2.05) is 0 Å². The van der Waals surface area contributed by atoms with Crippen molar-refractivity contribution in [3.05, 3.63) is 27.2 Å². The molecule has 0 radical (unpaired) electrons. The van der Waals surface area contributed by atoms with Crippen molar-refractivity contribution in [1.29, 1.82) is 0 Å². The Hall–Kier alpha value is -0.540. The van der Waals surface area contributed by atoms with Gasteiger partial charge in [0, 0.05) is 11.1 Å². The molecule has 1 aliphatic rings. The van der Waals surface area contributed by atoms with Crippen molar-refractivity contribution in [3.63, 3.8) is 0 Å². The van der Waals surface area contributed by atoms with E-state index in [4.69, 9.17) is 10.5 Å². The molecule has 2 rings (SSSR count). The number of hydrogen-bond donors (Lipinski definition) is 1. The van der Waals surface area contributed by atoms with Crippen molar-refractivity contribution < 1.29 is 4.74 Å². The van der Waals surface area contributed by atoms with Crippen LogP contribution in [0.1, 0.15) is 29.5 Å². The van der Waals surface area contributed by atoms with E-state index in [1.54, 1.807) is 7.11 Å². The van der Waals surface area contributed by atoms with E-state index < -0.39 is 0 Å². The van der Waals surface area contributed by atoms with E-state index >= 15 is 0 Å². The molecule has 1 aromatic carbocycles.